The second kappa shape index (κ2) is 5.10. The van der Waals surface area contributed by atoms with E-state index >= 15 is 0 Å². The maximum absolute atomic E-state index is 11.9. The molecule has 0 bridgehead atoms. The second-order valence-corrected chi connectivity index (χ2v) is 5.57. The quantitative estimate of drug-likeness (QED) is 0.652. The largest absolute Gasteiger partial charge is 0.454 e. The number of ether oxygens (including phenoxy) is 2. The minimum Gasteiger partial charge on any atom is -0.454 e. The average Bonchev–Trinajstić information content (AvgIpc) is 2.89. The van der Waals surface area contributed by atoms with Crippen LogP contribution in [0.15, 0.2) is 30.3 Å². The average molecular weight is 330 g/mol. The Morgan fingerprint density at radius 1 is 1.09 bits per heavy atom. The highest BCUT2D eigenvalue weighted by Crippen LogP contribution is 2.29. The lowest BCUT2D eigenvalue weighted by Crippen LogP contribution is -2.36. The van der Waals surface area contributed by atoms with Crippen LogP contribution in [0.25, 0.3) is 11.8 Å². The van der Waals surface area contributed by atoms with E-state index in [1.807, 2.05) is 6.07 Å². The topological polar surface area (TPSA) is 85.6 Å². The highest BCUT2D eigenvalue weighted by Gasteiger charge is 2.18. The number of rotatable bonds is 1. The highest BCUT2D eigenvalue weighted by molar-refractivity contribution is 6.32. The summed E-state index contributed by atoms with van der Waals surface area (Å²) in [5.74, 6) is 0.960. The van der Waals surface area contributed by atoms with Gasteiger partial charge in [-0.25, -0.2) is 0 Å². The van der Waals surface area contributed by atoms with E-state index in [4.69, 9.17) is 26.8 Å². The van der Waals surface area contributed by atoms with Gasteiger partial charge in [-0.3, -0.25) is 15.6 Å². The van der Waals surface area contributed by atoms with Crippen molar-refractivity contribution in [2.75, 3.05) is 12.5 Å². The van der Waals surface area contributed by atoms with Crippen molar-refractivity contribution in [3.8, 4) is 11.5 Å². The smallest absolute Gasteiger partial charge is 0.262 e. The Bertz CT molecular complexity index is 956. The minimum absolute atomic E-state index is 0.163. The summed E-state index contributed by atoms with van der Waals surface area (Å²) in [6, 6.07) is 8.80. The molecular weight excluding hydrogens is 318 g/mol. The van der Waals surface area contributed by atoms with Crippen LogP contribution in [0, 0.1) is 0 Å². The summed E-state index contributed by atoms with van der Waals surface area (Å²) in [6.07, 6.45) is 1.49. The fourth-order valence-corrected chi connectivity index (χ4v) is 2.89. The Kier molecular flexibility index (Phi) is 3.06. The van der Waals surface area contributed by atoms with E-state index in [-0.39, 0.29) is 12.7 Å². The van der Waals surface area contributed by atoms with Crippen LogP contribution in [0.1, 0.15) is 5.56 Å². The molecule has 1 amide bonds. The van der Waals surface area contributed by atoms with Gasteiger partial charge in [0.2, 0.25) is 6.79 Å². The first-order chi connectivity index (χ1) is 11.1. The molecule has 2 aliphatic heterocycles. The number of benzene rings is 2. The first-order valence-corrected chi connectivity index (χ1v) is 7.27. The van der Waals surface area contributed by atoms with Gasteiger partial charge < -0.3 is 15.2 Å². The number of carbonyl (C=O) groups is 1. The van der Waals surface area contributed by atoms with E-state index in [1.165, 1.54) is 6.08 Å². The van der Waals surface area contributed by atoms with Crippen molar-refractivity contribution in [1.29, 1.82) is 0 Å². The van der Waals surface area contributed by atoms with Crippen LogP contribution < -0.4 is 36.5 Å². The second-order valence-electron chi connectivity index (χ2n) is 5.17. The maximum Gasteiger partial charge on any atom is 0.262 e. The molecule has 4 rings (SSSR count). The minimum atomic E-state index is -0.272. The number of hydrazine groups is 1. The predicted octanol–water partition coefficient (Wildman–Crippen LogP) is 0.222. The predicted molar refractivity (Wildman–Crippen MR) is 85.9 cm³/mol. The lowest BCUT2D eigenvalue weighted by atomic mass is 10.1. The number of hydrogen-bond acceptors (Lipinski definition) is 5. The Morgan fingerprint density at radius 2 is 1.87 bits per heavy atom. The summed E-state index contributed by atoms with van der Waals surface area (Å²) in [7, 11) is 0. The summed E-state index contributed by atoms with van der Waals surface area (Å²) >= 11 is 6.32. The first-order valence-electron chi connectivity index (χ1n) is 6.89. The van der Waals surface area contributed by atoms with Crippen LogP contribution in [-0.4, -0.2) is 12.7 Å². The molecule has 0 aliphatic carbocycles. The molecule has 7 heteroatoms. The third kappa shape index (κ3) is 2.33. The van der Waals surface area contributed by atoms with Gasteiger partial charge in [0.25, 0.3) is 5.91 Å². The molecule has 0 atom stereocenters. The van der Waals surface area contributed by atoms with E-state index in [0.29, 0.717) is 33.1 Å². The molecule has 2 heterocycles. The number of nitrogen functional groups attached to an aromatic ring is 1. The number of hydrogen-bond donors (Lipinski definition) is 3. The Morgan fingerprint density at radius 3 is 2.65 bits per heavy atom. The molecule has 23 heavy (non-hydrogen) atoms. The molecule has 0 saturated carbocycles. The van der Waals surface area contributed by atoms with Gasteiger partial charge in [0.15, 0.2) is 11.5 Å². The zero-order valence-corrected chi connectivity index (χ0v) is 12.6. The molecule has 0 radical (unpaired) electrons. The van der Waals surface area contributed by atoms with Gasteiger partial charge in [0.1, 0.15) is 0 Å². The molecule has 0 spiro atoms. The molecular formula is C16H12ClN3O3. The Balaban J connectivity index is 2.07. The van der Waals surface area contributed by atoms with Crippen molar-refractivity contribution in [3.05, 3.63) is 51.4 Å². The summed E-state index contributed by atoms with van der Waals surface area (Å²) in [5.41, 5.74) is 13.2. The number of anilines is 1. The normalized spacial score (nSPS) is 15.2. The van der Waals surface area contributed by atoms with Crippen LogP contribution in [0.5, 0.6) is 11.5 Å². The monoisotopic (exact) mass is 329 g/mol. The molecule has 0 fully saturated rings. The molecule has 2 aliphatic rings. The summed E-state index contributed by atoms with van der Waals surface area (Å²) in [5, 5.41) is 1.96. The van der Waals surface area contributed by atoms with E-state index in [1.54, 1.807) is 24.3 Å². The number of halogens is 1. The number of carbonyl (C=O) groups excluding carboxylic acids is 1. The van der Waals surface area contributed by atoms with Crippen molar-refractivity contribution >= 4 is 35.0 Å². The van der Waals surface area contributed by atoms with Crippen molar-refractivity contribution < 1.29 is 14.3 Å². The summed E-state index contributed by atoms with van der Waals surface area (Å²) in [6.45, 7) is 0.163. The molecule has 0 aromatic heterocycles. The van der Waals surface area contributed by atoms with Gasteiger partial charge in [-0.05, 0) is 35.6 Å². The van der Waals surface area contributed by atoms with E-state index in [0.717, 1.165) is 10.8 Å². The molecule has 2 aromatic rings. The van der Waals surface area contributed by atoms with E-state index in [9.17, 15) is 4.79 Å². The van der Waals surface area contributed by atoms with Crippen molar-refractivity contribution in [2.24, 2.45) is 0 Å². The third-order valence-corrected chi connectivity index (χ3v) is 3.99. The van der Waals surface area contributed by atoms with Gasteiger partial charge in [0, 0.05) is 22.5 Å². The molecule has 2 aromatic carbocycles. The lowest BCUT2D eigenvalue weighted by Gasteiger charge is -2.12. The number of amides is 1. The fraction of sp³-hybridized carbons (Fsp3) is 0.0625. The van der Waals surface area contributed by atoms with Crippen molar-refractivity contribution in [1.82, 2.24) is 10.9 Å². The first kappa shape index (κ1) is 13.8. The SMILES string of the molecule is Nc1ccc(C2=c3cc4c(cc3=CC(=O)NN2)OCO4)c(Cl)c1. The zero-order valence-electron chi connectivity index (χ0n) is 11.9. The zero-order chi connectivity index (χ0) is 16.0. The standard InChI is InChI=1S/C16H12ClN3O3/c17-12-5-9(18)1-2-10(12)16-11-6-14-13(22-7-23-14)3-8(11)4-15(21)19-20-16/h1-6,20H,7,18H2,(H,19,21). The number of fused-ring (bicyclic) bond motifs is 2. The Hall–Kier alpha value is -2.86. The van der Waals surface area contributed by atoms with Crippen LogP contribution >= 0.6 is 11.6 Å². The third-order valence-electron chi connectivity index (χ3n) is 3.67. The molecule has 6 nitrogen and oxygen atoms in total. The van der Waals surface area contributed by atoms with Gasteiger partial charge in [-0.15, -0.1) is 0 Å². The highest BCUT2D eigenvalue weighted by atomic mass is 35.5. The van der Waals surface area contributed by atoms with Crippen molar-refractivity contribution in [3.63, 3.8) is 0 Å². The van der Waals surface area contributed by atoms with Crippen LogP contribution in [0.4, 0.5) is 5.69 Å². The van der Waals surface area contributed by atoms with E-state index in [2.05, 4.69) is 10.9 Å². The van der Waals surface area contributed by atoms with Gasteiger partial charge in [-0.2, -0.15) is 0 Å². The van der Waals surface area contributed by atoms with Crippen LogP contribution in [0.2, 0.25) is 5.02 Å². The van der Waals surface area contributed by atoms with Crippen LogP contribution in [0.3, 0.4) is 0 Å². The summed E-state index contributed by atoms with van der Waals surface area (Å²) < 4.78 is 10.8. The molecule has 4 N–H and O–H groups in total. The molecule has 116 valence electrons. The number of nitrogens with one attached hydrogen (secondary N) is 2. The molecule has 0 saturated heterocycles. The van der Waals surface area contributed by atoms with E-state index < -0.39 is 0 Å². The number of nitrogens with two attached hydrogens (primary N) is 1. The van der Waals surface area contributed by atoms with Crippen molar-refractivity contribution in [2.45, 2.75) is 0 Å². The lowest BCUT2D eigenvalue weighted by molar-refractivity contribution is -0.115. The van der Waals surface area contributed by atoms with Gasteiger partial charge in [-0.1, -0.05) is 11.6 Å². The fourth-order valence-electron chi connectivity index (χ4n) is 2.61. The summed E-state index contributed by atoms with van der Waals surface area (Å²) in [4.78, 5) is 11.9. The van der Waals surface area contributed by atoms with Gasteiger partial charge >= 0.3 is 0 Å². The van der Waals surface area contributed by atoms with Gasteiger partial charge in [0.05, 0.1) is 10.7 Å². The molecule has 0 unspecified atom stereocenters. The maximum atomic E-state index is 11.9. The van der Waals surface area contributed by atoms with Crippen LogP contribution in [-0.2, 0) is 4.79 Å². The Labute approximate surface area is 136 Å².